The molecule has 1 rings (SSSR count). The number of halogens is 2. The third kappa shape index (κ3) is 1.56. The summed E-state index contributed by atoms with van der Waals surface area (Å²) in [6, 6.07) is 2.75. The molecule has 1 aromatic rings. The topological polar surface area (TPSA) is 0 Å². The number of rotatable bonds is 1. The van der Waals surface area contributed by atoms with E-state index < -0.39 is 11.6 Å². The number of hydrogen-bond acceptors (Lipinski definition) is 0. The summed E-state index contributed by atoms with van der Waals surface area (Å²) in [4.78, 5) is 0. The summed E-state index contributed by atoms with van der Waals surface area (Å²) in [5.74, 6) is -0.913. The molecule has 0 radical (unpaired) electrons. The van der Waals surface area contributed by atoms with E-state index in [2.05, 4.69) is 0 Å². The van der Waals surface area contributed by atoms with E-state index in [-0.39, 0.29) is 5.56 Å². The minimum atomic E-state index is -0.457. The SMILES string of the molecule is CCc1cc(F)c(C)c(F)c1. The van der Waals surface area contributed by atoms with E-state index in [9.17, 15) is 8.78 Å². The molecule has 0 fully saturated rings. The van der Waals surface area contributed by atoms with Crippen LogP contribution in [0.3, 0.4) is 0 Å². The van der Waals surface area contributed by atoms with E-state index in [0.29, 0.717) is 12.0 Å². The minimum Gasteiger partial charge on any atom is -0.207 e. The first-order valence-corrected chi connectivity index (χ1v) is 3.59. The van der Waals surface area contributed by atoms with E-state index in [1.807, 2.05) is 6.92 Å². The molecule has 0 aromatic heterocycles. The summed E-state index contributed by atoms with van der Waals surface area (Å²) in [5, 5.41) is 0. The van der Waals surface area contributed by atoms with Gasteiger partial charge >= 0.3 is 0 Å². The van der Waals surface area contributed by atoms with Crippen molar-refractivity contribution in [1.29, 1.82) is 0 Å². The van der Waals surface area contributed by atoms with Crippen molar-refractivity contribution in [1.82, 2.24) is 0 Å². The van der Waals surface area contributed by atoms with E-state index in [0.717, 1.165) is 0 Å². The second-order valence-electron chi connectivity index (χ2n) is 2.54. The number of benzene rings is 1. The summed E-state index contributed by atoms with van der Waals surface area (Å²) < 4.78 is 25.6. The largest absolute Gasteiger partial charge is 0.207 e. The Kier molecular flexibility index (Phi) is 2.22. The maximum Gasteiger partial charge on any atom is 0.129 e. The molecule has 0 aliphatic heterocycles. The smallest absolute Gasteiger partial charge is 0.129 e. The average Bonchev–Trinajstić information content (AvgIpc) is 1.99. The maximum atomic E-state index is 12.8. The lowest BCUT2D eigenvalue weighted by molar-refractivity contribution is 0.565. The summed E-state index contributed by atoms with van der Waals surface area (Å²) >= 11 is 0. The predicted octanol–water partition coefficient (Wildman–Crippen LogP) is 2.84. The zero-order valence-electron chi connectivity index (χ0n) is 6.62. The Hall–Kier alpha value is -0.920. The van der Waals surface area contributed by atoms with Crippen LogP contribution >= 0.6 is 0 Å². The fourth-order valence-corrected chi connectivity index (χ4v) is 0.902. The van der Waals surface area contributed by atoms with Crippen LogP contribution < -0.4 is 0 Å². The summed E-state index contributed by atoms with van der Waals surface area (Å²) in [5.41, 5.74) is 0.799. The van der Waals surface area contributed by atoms with E-state index in [1.54, 1.807) is 0 Å². The highest BCUT2D eigenvalue weighted by Crippen LogP contribution is 2.14. The monoisotopic (exact) mass is 156 g/mol. The first-order valence-electron chi connectivity index (χ1n) is 3.59. The summed E-state index contributed by atoms with van der Waals surface area (Å²) in [7, 11) is 0. The van der Waals surface area contributed by atoms with Crippen LogP contribution in [-0.2, 0) is 6.42 Å². The van der Waals surface area contributed by atoms with Gasteiger partial charge in [-0.25, -0.2) is 8.78 Å². The van der Waals surface area contributed by atoms with E-state index >= 15 is 0 Å². The molecule has 0 heterocycles. The molecule has 0 atom stereocenters. The molecule has 11 heavy (non-hydrogen) atoms. The van der Waals surface area contributed by atoms with Crippen molar-refractivity contribution in [3.05, 3.63) is 34.9 Å². The molecule has 0 amide bonds. The molecule has 1 aromatic carbocycles. The Morgan fingerprint density at radius 2 is 1.64 bits per heavy atom. The van der Waals surface area contributed by atoms with Crippen LogP contribution in [0.15, 0.2) is 12.1 Å². The van der Waals surface area contributed by atoms with E-state index in [1.165, 1.54) is 19.1 Å². The van der Waals surface area contributed by atoms with Crippen molar-refractivity contribution in [3.63, 3.8) is 0 Å². The van der Waals surface area contributed by atoms with Crippen molar-refractivity contribution in [3.8, 4) is 0 Å². The Morgan fingerprint density at radius 3 is 2.00 bits per heavy atom. The van der Waals surface area contributed by atoms with E-state index in [4.69, 9.17) is 0 Å². The highest BCUT2D eigenvalue weighted by molar-refractivity contribution is 5.24. The van der Waals surface area contributed by atoms with Gasteiger partial charge in [-0.05, 0) is 31.0 Å². The molecular weight excluding hydrogens is 146 g/mol. The Balaban J connectivity index is 3.21. The van der Waals surface area contributed by atoms with Gasteiger partial charge in [0.05, 0.1) is 0 Å². The quantitative estimate of drug-likeness (QED) is 0.586. The third-order valence-electron chi connectivity index (χ3n) is 1.75. The van der Waals surface area contributed by atoms with Crippen molar-refractivity contribution < 1.29 is 8.78 Å². The van der Waals surface area contributed by atoms with Crippen molar-refractivity contribution in [2.75, 3.05) is 0 Å². The number of aryl methyl sites for hydroxylation is 1. The normalized spacial score (nSPS) is 10.2. The van der Waals surface area contributed by atoms with Crippen molar-refractivity contribution in [2.24, 2.45) is 0 Å². The minimum absolute atomic E-state index is 0.0993. The molecule has 0 spiro atoms. The fourth-order valence-electron chi connectivity index (χ4n) is 0.902. The van der Waals surface area contributed by atoms with Crippen molar-refractivity contribution >= 4 is 0 Å². The average molecular weight is 156 g/mol. The lowest BCUT2D eigenvalue weighted by Gasteiger charge is -2.01. The zero-order valence-corrected chi connectivity index (χ0v) is 6.62. The van der Waals surface area contributed by atoms with Crippen LogP contribution in [0, 0.1) is 18.6 Å². The van der Waals surface area contributed by atoms with Gasteiger partial charge < -0.3 is 0 Å². The van der Waals surface area contributed by atoms with Gasteiger partial charge in [0, 0.05) is 5.56 Å². The Bertz CT molecular complexity index is 243. The molecule has 0 saturated heterocycles. The molecule has 0 nitrogen and oxygen atoms in total. The van der Waals surface area contributed by atoms with Crippen LogP contribution in [0.4, 0.5) is 8.78 Å². The predicted molar refractivity (Wildman–Crippen MR) is 40.5 cm³/mol. The molecule has 60 valence electrons. The highest BCUT2D eigenvalue weighted by Gasteiger charge is 2.04. The van der Waals surface area contributed by atoms with Gasteiger partial charge in [-0.1, -0.05) is 6.92 Å². The standard InChI is InChI=1S/C9H10F2/c1-3-7-4-8(10)6(2)9(11)5-7/h4-5H,3H2,1-2H3. The highest BCUT2D eigenvalue weighted by atomic mass is 19.1. The molecule has 0 aliphatic rings. The zero-order chi connectivity index (χ0) is 8.43. The van der Waals surface area contributed by atoms with Gasteiger partial charge in [-0.3, -0.25) is 0 Å². The van der Waals surface area contributed by atoms with Gasteiger partial charge in [-0.15, -0.1) is 0 Å². The Labute approximate surface area is 64.9 Å². The maximum absolute atomic E-state index is 12.8. The first-order chi connectivity index (χ1) is 5.15. The first kappa shape index (κ1) is 8.18. The van der Waals surface area contributed by atoms with Gasteiger partial charge in [-0.2, -0.15) is 0 Å². The fraction of sp³-hybridized carbons (Fsp3) is 0.333. The molecule has 0 N–H and O–H groups in total. The molecule has 0 unspecified atom stereocenters. The molecule has 2 heteroatoms. The van der Waals surface area contributed by atoms with Crippen LogP contribution in [0.25, 0.3) is 0 Å². The van der Waals surface area contributed by atoms with Gasteiger partial charge in [0.15, 0.2) is 0 Å². The second kappa shape index (κ2) is 2.99. The van der Waals surface area contributed by atoms with Crippen LogP contribution in [0.5, 0.6) is 0 Å². The lowest BCUT2D eigenvalue weighted by atomic mass is 10.1. The molecule has 0 saturated carbocycles. The van der Waals surface area contributed by atoms with Crippen LogP contribution in [0.2, 0.25) is 0 Å². The second-order valence-corrected chi connectivity index (χ2v) is 2.54. The van der Waals surface area contributed by atoms with Crippen LogP contribution in [-0.4, -0.2) is 0 Å². The summed E-state index contributed by atoms with van der Waals surface area (Å²) in [6.45, 7) is 3.30. The molecular formula is C9H10F2. The van der Waals surface area contributed by atoms with Gasteiger partial charge in [0.1, 0.15) is 11.6 Å². The molecule has 0 aliphatic carbocycles. The third-order valence-corrected chi connectivity index (χ3v) is 1.75. The van der Waals surface area contributed by atoms with Crippen LogP contribution in [0.1, 0.15) is 18.1 Å². The van der Waals surface area contributed by atoms with Gasteiger partial charge in [0.2, 0.25) is 0 Å². The Morgan fingerprint density at radius 1 is 1.18 bits per heavy atom. The number of hydrogen-bond donors (Lipinski definition) is 0. The summed E-state index contributed by atoms with van der Waals surface area (Å²) in [6.07, 6.45) is 0.661. The van der Waals surface area contributed by atoms with Crippen molar-refractivity contribution in [2.45, 2.75) is 20.3 Å². The molecule has 0 bridgehead atoms. The lowest BCUT2D eigenvalue weighted by Crippen LogP contribution is -1.91. The van der Waals surface area contributed by atoms with Gasteiger partial charge in [0.25, 0.3) is 0 Å².